The van der Waals surface area contributed by atoms with E-state index in [1.807, 2.05) is 0 Å². The van der Waals surface area contributed by atoms with Gasteiger partial charge in [-0.25, -0.2) is 4.79 Å². The van der Waals surface area contributed by atoms with Gasteiger partial charge in [-0.2, -0.15) is 0 Å². The van der Waals surface area contributed by atoms with Gasteiger partial charge in [0.2, 0.25) is 0 Å². The molecule has 0 amide bonds. The first-order valence-electron chi connectivity index (χ1n) is 14.2. The molecule has 2 heterocycles. The van der Waals surface area contributed by atoms with Crippen LogP contribution >= 0.6 is 0 Å². The average Bonchev–Trinajstić information content (AvgIpc) is 3.04. The van der Waals surface area contributed by atoms with Gasteiger partial charge in [-0.05, 0) is 47.9 Å². The van der Waals surface area contributed by atoms with Gasteiger partial charge in [-0.3, -0.25) is 0 Å². The summed E-state index contributed by atoms with van der Waals surface area (Å²) in [6.07, 6.45) is -13.6. The molecule has 4 rings (SSSR count). The number of aliphatic hydroxyl groups excluding tert-OH is 6. The first-order chi connectivity index (χ1) is 21.9. The summed E-state index contributed by atoms with van der Waals surface area (Å²) in [5.74, 6) is -1.40. The lowest BCUT2D eigenvalue weighted by molar-refractivity contribution is -0.360. The Morgan fingerprint density at radius 2 is 1.54 bits per heavy atom. The zero-order valence-electron chi connectivity index (χ0n) is 24.6. The molecule has 46 heavy (non-hydrogen) atoms. The summed E-state index contributed by atoms with van der Waals surface area (Å²) in [7, 11) is 1.37. The van der Waals surface area contributed by atoms with Crippen LogP contribution < -0.4 is 4.74 Å². The standard InChI is InChI=1S/C30H38O16/c1-41-19-11-14(3-6-17(19)33)4-7-22(35)43-13-21-24(37)28(46-30-26(39)25(38)23(36)20(12-31)44-30)27(40)29(45-21)42-9-8-15-2-5-16(32)18(34)10-15/h2-7,10-11,20-21,23-34,36-40H,8-9,12-13H2,1H3/t20-,21-,23-,24-,25+,26-,27-,28+,29-,30+/m1/s1. The number of benzene rings is 2. The second-order valence-electron chi connectivity index (χ2n) is 10.7. The van der Waals surface area contributed by atoms with Gasteiger partial charge in [0.05, 0.1) is 20.3 Å². The van der Waals surface area contributed by atoms with Crippen molar-refractivity contribution in [2.24, 2.45) is 0 Å². The summed E-state index contributed by atoms with van der Waals surface area (Å²) in [6, 6.07) is 8.52. The van der Waals surface area contributed by atoms with Gasteiger partial charge in [0.25, 0.3) is 0 Å². The summed E-state index contributed by atoms with van der Waals surface area (Å²) in [5.41, 5.74) is 1.07. The van der Waals surface area contributed by atoms with Crippen molar-refractivity contribution >= 4 is 12.0 Å². The molecule has 0 spiro atoms. The molecule has 16 heteroatoms. The predicted octanol–water partition coefficient (Wildman–Crippen LogP) is -1.74. The number of phenols is 3. The number of phenolic OH excluding ortho intramolecular Hbond substituents is 3. The highest BCUT2D eigenvalue weighted by Crippen LogP contribution is 2.31. The highest BCUT2D eigenvalue weighted by molar-refractivity contribution is 5.87. The molecule has 254 valence electrons. The molecule has 9 N–H and O–H groups in total. The van der Waals surface area contributed by atoms with Gasteiger partial charge < -0.3 is 74.4 Å². The van der Waals surface area contributed by atoms with Crippen molar-refractivity contribution in [2.75, 3.05) is 26.9 Å². The van der Waals surface area contributed by atoms with Crippen molar-refractivity contribution in [3.63, 3.8) is 0 Å². The van der Waals surface area contributed by atoms with Crippen molar-refractivity contribution in [1.82, 2.24) is 0 Å². The quantitative estimate of drug-likeness (QED) is 0.0699. The van der Waals surface area contributed by atoms with E-state index >= 15 is 0 Å². The normalized spacial score (nSPS) is 31.5. The minimum Gasteiger partial charge on any atom is -0.504 e. The lowest BCUT2D eigenvalue weighted by atomic mass is 9.97. The van der Waals surface area contributed by atoms with Gasteiger partial charge in [-0.1, -0.05) is 12.1 Å². The fourth-order valence-corrected chi connectivity index (χ4v) is 4.87. The van der Waals surface area contributed by atoms with Crippen LogP contribution in [0.3, 0.4) is 0 Å². The van der Waals surface area contributed by atoms with Crippen LogP contribution in [0.25, 0.3) is 6.08 Å². The number of hydrogen-bond donors (Lipinski definition) is 9. The fourth-order valence-electron chi connectivity index (χ4n) is 4.87. The molecule has 0 unspecified atom stereocenters. The molecular formula is C30H38O16. The van der Waals surface area contributed by atoms with Crippen molar-refractivity contribution in [2.45, 2.75) is 67.8 Å². The van der Waals surface area contributed by atoms with Crippen molar-refractivity contribution < 1.29 is 79.2 Å². The molecule has 2 aromatic rings. The van der Waals surface area contributed by atoms with Crippen LogP contribution in [0.15, 0.2) is 42.5 Å². The van der Waals surface area contributed by atoms with Crippen molar-refractivity contribution in [3.8, 4) is 23.0 Å². The van der Waals surface area contributed by atoms with Crippen LogP contribution in [0.5, 0.6) is 23.0 Å². The SMILES string of the molecule is COc1cc(C=CC(=O)OC[C@H]2O[C@@H](OCCc3ccc(O)c(O)c3)[C@H](O)[C@@H](O[C@@H]3O[C@H](CO)[C@@H](O)[C@H](O)[C@H]3O)[C@@H]2O)ccc1O. The number of esters is 1. The second kappa shape index (κ2) is 15.8. The molecule has 2 fully saturated rings. The summed E-state index contributed by atoms with van der Waals surface area (Å²) in [4.78, 5) is 12.5. The molecule has 2 aliphatic heterocycles. The Hall–Kier alpha value is -3.55. The maximum Gasteiger partial charge on any atom is 0.330 e. The van der Waals surface area contributed by atoms with E-state index < -0.39 is 80.6 Å². The van der Waals surface area contributed by atoms with Crippen molar-refractivity contribution in [1.29, 1.82) is 0 Å². The number of carbonyl (C=O) groups is 1. The molecule has 2 aromatic carbocycles. The number of methoxy groups -OCH3 is 1. The van der Waals surface area contributed by atoms with E-state index in [1.165, 1.54) is 49.6 Å². The minimum atomic E-state index is -1.85. The number of aliphatic hydroxyl groups is 6. The molecule has 2 saturated heterocycles. The zero-order chi connectivity index (χ0) is 33.5. The summed E-state index contributed by atoms with van der Waals surface area (Å²) < 4.78 is 32.7. The fraction of sp³-hybridized carbons (Fsp3) is 0.500. The lowest BCUT2D eigenvalue weighted by Gasteiger charge is -2.46. The summed E-state index contributed by atoms with van der Waals surface area (Å²) >= 11 is 0. The second-order valence-corrected chi connectivity index (χ2v) is 10.7. The molecule has 0 radical (unpaired) electrons. The molecule has 0 saturated carbocycles. The van der Waals surface area contributed by atoms with E-state index in [0.717, 1.165) is 6.08 Å². The van der Waals surface area contributed by atoms with Gasteiger partial charge in [0.1, 0.15) is 55.4 Å². The van der Waals surface area contributed by atoms with E-state index in [0.29, 0.717) is 11.1 Å². The van der Waals surface area contributed by atoms with Crippen LogP contribution in [-0.2, 0) is 34.9 Å². The Balaban J connectivity index is 1.46. The van der Waals surface area contributed by atoms with E-state index in [9.17, 15) is 50.8 Å². The van der Waals surface area contributed by atoms with Crippen molar-refractivity contribution in [3.05, 3.63) is 53.6 Å². The molecule has 16 nitrogen and oxygen atoms in total. The van der Waals surface area contributed by atoms with E-state index in [4.69, 9.17) is 28.4 Å². The molecule has 0 aromatic heterocycles. The van der Waals surface area contributed by atoms with Gasteiger partial charge in [0.15, 0.2) is 35.6 Å². The number of carbonyl (C=O) groups excluding carboxylic acids is 1. The Morgan fingerprint density at radius 3 is 2.24 bits per heavy atom. The van der Waals surface area contributed by atoms with Crippen LogP contribution in [0.2, 0.25) is 0 Å². The first-order valence-corrected chi connectivity index (χ1v) is 14.2. The maximum absolute atomic E-state index is 12.5. The third-order valence-electron chi connectivity index (χ3n) is 7.50. The third kappa shape index (κ3) is 8.42. The molecule has 10 atom stereocenters. The third-order valence-corrected chi connectivity index (χ3v) is 7.50. The number of ether oxygens (including phenoxy) is 6. The Bertz CT molecular complexity index is 1330. The van der Waals surface area contributed by atoms with Gasteiger partial charge in [0, 0.05) is 6.08 Å². The highest BCUT2D eigenvalue weighted by Gasteiger charge is 2.51. The molecular weight excluding hydrogens is 616 g/mol. The predicted molar refractivity (Wildman–Crippen MR) is 153 cm³/mol. The van der Waals surface area contributed by atoms with Crippen LogP contribution in [-0.4, -0.2) is 140 Å². The summed E-state index contributed by atoms with van der Waals surface area (Å²) in [5, 5.41) is 91.3. The molecule has 2 aliphatic rings. The molecule has 0 aliphatic carbocycles. The Kier molecular flexibility index (Phi) is 12.2. The smallest absolute Gasteiger partial charge is 0.330 e. The summed E-state index contributed by atoms with van der Waals surface area (Å²) in [6.45, 7) is -1.40. The van der Waals surface area contributed by atoms with Gasteiger partial charge >= 0.3 is 5.97 Å². The number of hydrogen-bond acceptors (Lipinski definition) is 16. The number of rotatable bonds is 12. The van der Waals surface area contributed by atoms with Crippen LogP contribution in [0, 0.1) is 0 Å². The van der Waals surface area contributed by atoms with E-state index in [2.05, 4.69) is 0 Å². The lowest BCUT2D eigenvalue weighted by Crippen LogP contribution is -2.65. The van der Waals surface area contributed by atoms with Crippen LogP contribution in [0.4, 0.5) is 0 Å². The van der Waals surface area contributed by atoms with E-state index in [1.54, 1.807) is 0 Å². The number of aromatic hydroxyl groups is 3. The average molecular weight is 655 g/mol. The topological polar surface area (TPSA) is 255 Å². The minimum absolute atomic E-state index is 0.0914. The van der Waals surface area contributed by atoms with E-state index in [-0.39, 0.29) is 36.0 Å². The Labute approximate surface area is 262 Å². The maximum atomic E-state index is 12.5. The van der Waals surface area contributed by atoms with Crippen LogP contribution in [0.1, 0.15) is 11.1 Å². The van der Waals surface area contributed by atoms with Gasteiger partial charge in [-0.15, -0.1) is 0 Å². The Morgan fingerprint density at radius 1 is 0.826 bits per heavy atom. The largest absolute Gasteiger partial charge is 0.504 e. The monoisotopic (exact) mass is 654 g/mol. The zero-order valence-corrected chi connectivity index (χ0v) is 24.6. The molecule has 0 bridgehead atoms. The first kappa shape index (κ1) is 35.3. The highest BCUT2D eigenvalue weighted by atomic mass is 16.7.